The van der Waals surface area contributed by atoms with Crippen LogP contribution < -0.4 is 0 Å². The summed E-state index contributed by atoms with van der Waals surface area (Å²) in [5.74, 6) is -1.35. The van der Waals surface area contributed by atoms with Crippen molar-refractivity contribution in [3.05, 3.63) is 25.3 Å². The zero-order valence-corrected chi connectivity index (χ0v) is 20.3. The maximum absolute atomic E-state index is 10.2. The summed E-state index contributed by atoms with van der Waals surface area (Å²) in [5, 5.41) is 16.8. The molecular weight excluding hydrogens is 394 g/mol. The van der Waals surface area contributed by atoms with Gasteiger partial charge >= 0.3 is 11.9 Å². The molecule has 0 radical (unpaired) electrons. The van der Waals surface area contributed by atoms with Crippen LogP contribution in [0.1, 0.15) is 103 Å². The predicted octanol–water partition coefficient (Wildman–Crippen LogP) is 6.75. The van der Waals surface area contributed by atoms with E-state index in [0.717, 1.165) is 38.5 Å². The number of carboxylic acid groups (broad SMARTS) is 2. The van der Waals surface area contributed by atoms with Crippen LogP contribution in [-0.4, -0.2) is 22.2 Å². The summed E-state index contributed by atoms with van der Waals surface area (Å²) in [6.07, 6.45) is 20.3. The maximum atomic E-state index is 10.2. The Bertz CT molecular complexity index is 322. The molecular formula is C22H40O4Zn. The van der Waals surface area contributed by atoms with E-state index in [2.05, 4.69) is 13.2 Å². The van der Waals surface area contributed by atoms with E-state index in [4.69, 9.17) is 10.2 Å². The fraction of sp³-hybridized carbons (Fsp3) is 0.727. The quantitative estimate of drug-likeness (QED) is 0.142. The third-order valence-corrected chi connectivity index (χ3v) is 4.10. The van der Waals surface area contributed by atoms with Crippen LogP contribution in [0.5, 0.6) is 0 Å². The number of aliphatic carboxylic acids is 2. The molecule has 0 aliphatic rings. The third kappa shape index (κ3) is 36.7. The number of carbonyl (C=O) groups is 2. The van der Waals surface area contributed by atoms with E-state index < -0.39 is 11.9 Å². The molecule has 27 heavy (non-hydrogen) atoms. The van der Waals surface area contributed by atoms with Crippen molar-refractivity contribution in [2.75, 3.05) is 0 Å². The van der Waals surface area contributed by atoms with E-state index in [9.17, 15) is 9.59 Å². The van der Waals surface area contributed by atoms with Crippen molar-refractivity contribution in [3.63, 3.8) is 0 Å². The second kappa shape index (κ2) is 27.3. The summed E-state index contributed by atoms with van der Waals surface area (Å²) in [7, 11) is 0. The van der Waals surface area contributed by atoms with Crippen molar-refractivity contribution in [1.82, 2.24) is 0 Å². The number of carboxylic acids is 2. The van der Waals surface area contributed by atoms with E-state index in [0.29, 0.717) is 12.8 Å². The zero-order chi connectivity index (χ0) is 19.9. The van der Waals surface area contributed by atoms with Gasteiger partial charge in [-0.1, -0.05) is 63.5 Å². The van der Waals surface area contributed by atoms with E-state index in [1.165, 1.54) is 51.4 Å². The number of hydrogen-bond donors (Lipinski definition) is 2. The van der Waals surface area contributed by atoms with Crippen molar-refractivity contribution >= 4 is 11.9 Å². The van der Waals surface area contributed by atoms with Gasteiger partial charge in [-0.15, -0.1) is 13.2 Å². The van der Waals surface area contributed by atoms with Gasteiger partial charge in [0, 0.05) is 32.3 Å². The molecule has 0 spiro atoms. The first-order valence-corrected chi connectivity index (χ1v) is 10.2. The molecule has 0 saturated carbocycles. The molecule has 0 aliphatic heterocycles. The molecule has 5 heteroatoms. The Kier molecular flexibility index (Phi) is 31.1. The first kappa shape index (κ1) is 30.8. The number of unbranched alkanes of at least 4 members (excludes halogenated alkanes) is 12. The number of rotatable bonds is 18. The minimum Gasteiger partial charge on any atom is -0.481 e. The Morgan fingerprint density at radius 3 is 1.07 bits per heavy atom. The molecule has 0 atom stereocenters. The van der Waals surface area contributed by atoms with Gasteiger partial charge in [0.05, 0.1) is 0 Å². The first-order chi connectivity index (χ1) is 12.5. The third-order valence-electron chi connectivity index (χ3n) is 4.10. The fourth-order valence-corrected chi connectivity index (χ4v) is 2.54. The minimum absolute atomic E-state index is 0. The van der Waals surface area contributed by atoms with Crippen molar-refractivity contribution in [2.45, 2.75) is 103 Å². The van der Waals surface area contributed by atoms with Gasteiger partial charge in [0.1, 0.15) is 0 Å². The second-order valence-electron chi connectivity index (χ2n) is 6.68. The van der Waals surface area contributed by atoms with Crippen LogP contribution >= 0.6 is 0 Å². The van der Waals surface area contributed by atoms with Gasteiger partial charge in [-0.25, -0.2) is 0 Å². The van der Waals surface area contributed by atoms with Crippen LogP contribution in [0.4, 0.5) is 0 Å². The van der Waals surface area contributed by atoms with Crippen molar-refractivity contribution < 1.29 is 39.3 Å². The largest absolute Gasteiger partial charge is 0.481 e. The molecule has 154 valence electrons. The Hall–Kier alpha value is -0.957. The molecule has 0 bridgehead atoms. The molecule has 0 aliphatic carbocycles. The summed E-state index contributed by atoms with van der Waals surface area (Å²) >= 11 is 0. The summed E-state index contributed by atoms with van der Waals surface area (Å²) in [4.78, 5) is 20.3. The molecule has 0 aromatic carbocycles. The zero-order valence-electron chi connectivity index (χ0n) is 17.3. The topological polar surface area (TPSA) is 74.6 Å². The fourth-order valence-electron chi connectivity index (χ4n) is 2.54. The molecule has 0 unspecified atom stereocenters. The van der Waals surface area contributed by atoms with Gasteiger partial charge in [-0.2, -0.15) is 0 Å². The Labute approximate surface area is 179 Å². The van der Waals surface area contributed by atoms with Crippen LogP contribution in [0.15, 0.2) is 25.3 Å². The van der Waals surface area contributed by atoms with Crippen molar-refractivity contribution in [3.8, 4) is 0 Å². The Balaban J connectivity index is -0.000000411. The monoisotopic (exact) mass is 432 g/mol. The van der Waals surface area contributed by atoms with Crippen LogP contribution in [0.2, 0.25) is 0 Å². The molecule has 0 fully saturated rings. The SMILES string of the molecule is C=CCCCCCCCCC(=O)O.C=CCCCCCCCCC(=O)O.[Zn]. The molecule has 0 rings (SSSR count). The van der Waals surface area contributed by atoms with Crippen molar-refractivity contribution in [1.29, 1.82) is 0 Å². The minimum atomic E-state index is -0.674. The summed E-state index contributed by atoms with van der Waals surface area (Å²) in [5.41, 5.74) is 0. The smallest absolute Gasteiger partial charge is 0.303 e. The predicted molar refractivity (Wildman–Crippen MR) is 110 cm³/mol. The van der Waals surface area contributed by atoms with E-state index >= 15 is 0 Å². The van der Waals surface area contributed by atoms with Gasteiger partial charge in [0.15, 0.2) is 0 Å². The molecule has 0 saturated heterocycles. The van der Waals surface area contributed by atoms with E-state index in [1.807, 2.05) is 12.2 Å². The Morgan fingerprint density at radius 2 is 0.815 bits per heavy atom. The molecule has 0 heterocycles. The molecule has 0 aromatic rings. The van der Waals surface area contributed by atoms with Crippen LogP contribution in [-0.2, 0) is 29.1 Å². The number of hydrogen-bond acceptors (Lipinski definition) is 2. The second-order valence-corrected chi connectivity index (χ2v) is 6.68. The van der Waals surface area contributed by atoms with Crippen LogP contribution in [0.25, 0.3) is 0 Å². The van der Waals surface area contributed by atoms with Crippen LogP contribution in [0, 0.1) is 0 Å². The normalized spacial score (nSPS) is 9.48. The number of allylic oxidation sites excluding steroid dienone is 2. The molecule has 2 N–H and O–H groups in total. The van der Waals surface area contributed by atoms with E-state index in [-0.39, 0.29) is 19.5 Å². The van der Waals surface area contributed by atoms with Gasteiger partial charge < -0.3 is 10.2 Å². The Morgan fingerprint density at radius 1 is 0.556 bits per heavy atom. The summed E-state index contributed by atoms with van der Waals surface area (Å²) in [6, 6.07) is 0. The maximum Gasteiger partial charge on any atom is 0.303 e. The summed E-state index contributed by atoms with van der Waals surface area (Å²) < 4.78 is 0. The standard InChI is InChI=1S/2C11H20O2.Zn/c2*1-2-3-4-5-6-7-8-9-10-11(12)13;/h2*2H,1,3-10H2,(H,12,13);. The van der Waals surface area contributed by atoms with E-state index in [1.54, 1.807) is 0 Å². The van der Waals surface area contributed by atoms with Gasteiger partial charge in [-0.05, 0) is 38.5 Å². The average molecular weight is 434 g/mol. The average Bonchev–Trinajstić information content (AvgIpc) is 2.60. The first-order valence-electron chi connectivity index (χ1n) is 10.2. The molecule has 0 amide bonds. The van der Waals surface area contributed by atoms with Gasteiger partial charge in [-0.3, -0.25) is 9.59 Å². The van der Waals surface area contributed by atoms with Gasteiger partial charge in [0.25, 0.3) is 0 Å². The van der Waals surface area contributed by atoms with Crippen LogP contribution in [0.3, 0.4) is 0 Å². The molecule has 0 aromatic heterocycles. The van der Waals surface area contributed by atoms with Crippen molar-refractivity contribution in [2.24, 2.45) is 0 Å². The summed E-state index contributed by atoms with van der Waals surface area (Å²) in [6.45, 7) is 7.32. The van der Waals surface area contributed by atoms with Gasteiger partial charge in [0.2, 0.25) is 0 Å². The molecule has 4 nitrogen and oxygen atoms in total.